The lowest BCUT2D eigenvalue weighted by Gasteiger charge is -2.09. The van der Waals surface area contributed by atoms with Crippen LogP contribution in [0.2, 0.25) is 0 Å². The molecule has 0 saturated heterocycles. The first-order valence-electron chi connectivity index (χ1n) is 7.75. The number of nitro groups is 1. The van der Waals surface area contributed by atoms with Gasteiger partial charge in [-0.05, 0) is 36.4 Å². The summed E-state index contributed by atoms with van der Waals surface area (Å²) < 4.78 is 26.5. The molecule has 0 unspecified atom stereocenters. The van der Waals surface area contributed by atoms with E-state index in [4.69, 9.17) is 0 Å². The third-order valence-corrected chi connectivity index (χ3v) is 4.90. The van der Waals surface area contributed by atoms with Gasteiger partial charge >= 0.3 is 0 Å². The molecule has 8 nitrogen and oxygen atoms in total. The van der Waals surface area contributed by atoms with E-state index in [1.54, 1.807) is 38.4 Å². The number of non-ortho nitro benzene ring substituents is 1. The van der Waals surface area contributed by atoms with E-state index in [0.29, 0.717) is 11.1 Å². The lowest BCUT2D eigenvalue weighted by Crippen LogP contribution is -2.24. The number of rotatable bonds is 5. The number of nitrogens with one attached hydrogen (secondary N) is 1. The second kappa shape index (κ2) is 8.44. The minimum Gasteiger partial charge on any atom is -0.345 e. The largest absolute Gasteiger partial charge is 0.345 e. The highest BCUT2D eigenvalue weighted by atomic mass is 32.2. The average Bonchev–Trinajstić information content (AvgIpc) is 2.65. The zero-order valence-electron chi connectivity index (χ0n) is 14.7. The first-order chi connectivity index (χ1) is 12.7. The average molecular weight is 387 g/mol. The second-order valence-corrected chi connectivity index (χ2v) is 7.42. The van der Waals surface area contributed by atoms with E-state index in [1.165, 1.54) is 4.90 Å². The van der Waals surface area contributed by atoms with Gasteiger partial charge < -0.3 is 4.90 Å². The Balaban J connectivity index is 1.99. The van der Waals surface area contributed by atoms with Crippen LogP contribution in [0.4, 0.5) is 5.69 Å². The molecule has 0 radical (unpaired) electrons. The van der Waals surface area contributed by atoms with Crippen LogP contribution in [0.5, 0.6) is 0 Å². The highest BCUT2D eigenvalue weighted by Gasteiger charge is 2.14. The van der Waals surface area contributed by atoms with Crippen molar-refractivity contribution in [2.24, 2.45) is 0 Å². The third-order valence-electron chi connectivity index (χ3n) is 3.48. The van der Waals surface area contributed by atoms with Gasteiger partial charge in [0.15, 0.2) is 0 Å². The number of amides is 1. The summed E-state index contributed by atoms with van der Waals surface area (Å²) >= 11 is 0. The molecule has 9 heteroatoms. The fourth-order valence-corrected chi connectivity index (χ4v) is 2.99. The standard InChI is InChI=1S/C18H17N3O5S/c1-20(2)18(22)15-7-5-14(6-8-15)4-3-13-19-27(25,26)17-11-9-16(10-12-17)21(23)24/h5-12,19H,13H2,1-2H3. The molecule has 0 aromatic heterocycles. The molecule has 1 N–H and O–H groups in total. The molecule has 2 aromatic rings. The number of carbonyl (C=O) groups excluding carboxylic acids is 1. The molecular weight excluding hydrogens is 370 g/mol. The SMILES string of the molecule is CN(C)C(=O)c1ccc(C#CCNS(=O)(=O)c2ccc([N+](=O)[O-])cc2)cc1. The van der Waals surface area contributed by atoms with Crippen LogP contribution in [0.25, 0.3) is 0 Å². The molecule has 0 fully saturated rings. The highest BCUT2D eigenvalue weighted by Crippen LogP contribution is 2.15. The fourth-order valence-electron chi connectivity index (χ4n) is 2.06. The predicted molar refractivity (Wildman–Crippen MR) is 99.6 cm³/mol. The van der Waals surface area contributed by atoms with Gasteiger partial charge in [0, 0.05) is 37.4 Å². The molecule has 2 aromatic carbocycles. The van der Waals surface area contributed by atoms with E-state index < -0.39 is 14.9 Å². The van der Waals surface area contributed by atoms with Gasteiger partial charge in [0.25, 0.3) is 11.6 Å². The third kappa shape index (κ3) is 5.37. The first kappa shape index (κ1) is 20.1. The van der Waals surface area contributed by atoms with Crippen LogP contribution in [0.15, 0.2) is 53.4 Å². The van der Waals surface area contributed by atoms with Crippen LogP contribution in [0, 0.1) is 22.0 Å². The summed E-state index contributed by atoms with van der Waals surface area (Å²) in [6.45, 7) is -0.127. The van der Waals surface area contributed by atoms with E-state index in [0.717, 1.165) is 24.3 Å². The molecule has 0 saturated carbocycles. The topological polar surface area (TPSA) is 110 Å². The van der Waals surface area contributed by atoms with Gasteiger partial charge in [-0.3, -0.25) is 14.9 Å². The zero-order chi connectivity index (χ0) is 20.0. The summed E-state index contributed by atoms with van der Waals surface area (Å²) in [7, 11) is -0.490. The number of nitrogens with zero attached hydrogens (tertiary/aromatic N) is 2. The van der Waals surface area contributed by atoms with Gasteiger partial charge in [0.05, 0.1) is 16.4 Å². The number of hydrogen-bond acceptors (Lipinski definition) is 5. The number of sulfonamides is 1. The summed E-state index contributed by atoms with van der Waals surface area (Å²) in [6.07, 6.45) is 0. The maximum Gasteiger partial charge on any atom is 0.269 e. The maximum atomic E-state index is 12.1. The lowest BCUT2D eigenvalue weighted by atomic mass is 10.1. The quantitative estimate of drug-likeness (QED) is 0.476. The van der Waals surface area contributed by atoms with Gasteiger partial charge in [-0.1, -0.05) is 11.8 Å². The van der Waals surface area contributed by atoms with E-state index in [9.17, 15) is 23.3 Å². The van der Waals surface area contributed by atoms with E-state index >= 15 is 0 Å². The van der Waals surface area contributed by atoms with Crippen LogP contribution in [0.3, 0.4) is 0 Å². The molecule has 0 atom stereocenters. The summed E-state index contributed by atoms with van der Waals surface area (Å²) in [5, 5.41) is 10.6. The van der Waals surface area contributed by atoms with Crippen molar-refractivity contribution in [2.45, 2.75) is 4.90 Å². The number of carbonyl (C=O) groups is 1. The van der Waals surface area contributed by atoms with Crippen LogP contribution in [0.1, 0.15) is 15.9 Å². The molecule has 27 heavy (non-hydrogen) atoms. The van der Waals surface area contributed by atoms with Crippen molar-refractivity contribution in [3.05, 3.63) is 69.8 Å². The Morgan fingerprint density at radius 3 is 2.22 bits per heavy atom. The molecule has 0 spiro atoms. The van der Waals surface area contributed by atoms with E-state index in [1.807, 2.05) is 0 Å². The number of benzene rings is 2. The van der Waals surface area contributed by atoms with Crippen LogP contribution >= 0.6 is 0 Å². The molecule has 0 heterocycles. The van der Waals surface area contributed by atoms with Crippen molar-refractivity contribution in [1.82, 2.24) is 9.62 Å². The predicted octanol–water partition coefficient (Wildman–Crippen LogP) is 1.63. The van der Waals surface area contributed by atoms with Crippen LogP contribution in [-0.2, 0) is 10.0 Å². The monoisotopic (exact) mass is 387 g/mol. The summed E-state index contributed by atoms with van der Waals surface area (Å²) in [5.74, 6) is 5.36. The van der Waals surface area contributed by atoms with Crippen molar-refractivity contribution < 1.29 is 18.1 Å². The maximum absolute atomic E-state index is 12.1. The minimum absolute atomic E-state index is 0.0820. The van der Waals surface area contributed by atoms with Crippen molar-refractivity contribution in [2.75, 3.05) is 20.6 Å². The van der Waals surface area contributed by atoms with Gasteiger partial charge in [0.2, 0.25) is 10.0 Å². The Bertz CT molecular complexity index is 1000. The Morgan fingerprint density at radius 1 is 1.11 bits per heavy atom. The van der Waals surface area contributed by atoms with Gasteiger partial charge in [-0.2, -0.15) is 4.72 Å². The first-order valence-corrected chi connectivity index (χ1v) is 9.24. The molecule has 0 aliphatic heterocycles. The number of hydrogen-bond donors (Lipinski definition) is 1. The molecule has 1 amide bonds. The molecule has 0 aliphatic carbocycles. The Hall–Kier alpha value is -3.22. The smallest absolute Gasteiger partial charge is 0.269 e. The molecular formula is C18H17N3O5S. The van der Waals surface area contributed by atoms with Gasteiger partial charge in [-0.25, -0.2) is 8.42 Å². The second-order valence-electron chi connectivity index (χ2n) is 5.65. The van der Waals surface area contributed by atoms with Crippen LogP contribution < -0.4 is 4.72 Å². The van der Waals surface area contributed by atoms with Crippen molar-refractivity contribution in [1.29, 1.82) is 0 Å². The minimum atomic E-state index is -3.81. The zero-order valence-corrected chi connectivity index (χ0v) is 15.5. The Kier molecular flexibility index (Phi) is 6.28. The highest BCUT2D eigenvalue weighted by molar-refractivity contribution is 7.89. The van der Waals surface area contributed by atoms with Gasteiger partial charge in [-0.15, -0.1) is 0 Å². The Labute approximate surface area is 157 Å². The lowest BCUT2D eigenvalue weighted by molar-refractivity contribution is -0.384. The van der Waals surface area contributed by atoms with Crippen molar-refractivity contribution in [3.63, 3.8) is 0 Å². The van der Waals surface area contributed by atoms with E-state index in [-0.39, 0.29) is 23.0 Å². The van der Waals surface area contributed by atoms with Crippen LogP contribution in [-0.4, -0.2) is 44.8 Å². The van der Waals surface area contributed by atoms with Crippen molar-refractivity contribution in [3.8, 4) is 11.8 Å². The van der Waals surface area contributed by atoms with Gasteiger partial charge in [0.1, 0.15) is 0 Å². The molecule has 140 valence electrons. The van der Waals surface area contributed by atoms with E-state index in [2.05, 4.69) is 16.6 Å². The summed E-state index contributed by atoms with van der Waals surface area (Å²) in [4.78, 5) is 23.2. The number of nitro benzene ring substituents is 1. The Morgan fingerprint density at radius 2 is 1.70 bits per heavy atom. The molecule has 2 rings (SSSR count). The fraction of sp³-hybridized carbons (Fsp3) is 0.167. The summed E-state index contributed by atoms with van der Waals surface area (Å²) in [5.41, 5.74) is 0.981. The summed E-state index contributed by atoms with van der Waals surface area (Å²) in [6, 6.07) is 11.2. The molecule has 0 aliphatic rings. The molecule has 0 bridgehead atoms. The normalized spacial score (nSPS) is 10.6. The van der Waals surface area contributed by atoms with Crippen molar-refractivity contribution >= 4 is 21.6 Å².